The molecule has 5 heteroatoms. The monoisotopic (exact) mass is 264 g/mol. The highest BCUT2D eigenvalue weighted by Crippen LogP contribution is 2.27. The largest absolute Gasteiger partial charge is 0.370 e. The second kappa shape index (κ2) is 5.55. The van der Waals surface area contributed by atoms with Gasteiger partial charge in [0.15, 0.2) is 5.69 Å². The lowest BCUT2D eigenvalue weighted by Crippen LogP contribution is -2.38. The van der Waals surface area contributed by atoms with Crippen LogP contribution in [0.25, 0.3) is 0 Å². The molecular formula is C13H17ClN4. The molecule has 0 radical (unpaired) electrons. The Balaban J connectivity index is 2.11. The van der Waals surface area contributed by atoms with E-state index in [1.165, 1.54) is 0 Å². The van der Waals surface area contributed by atoms with E-state index >= 15 is 0 Å². The molecule has 0 aliphatic heterocycles. The molecule has 1 saturated carbocycles. The van der Waals surface area contributed by atoms with E-state index in [1.54, 1.807) is 6.20 Å². The van der Waals surface area contributed by atoms with Crippen molar-refractivity contribution in [1.82, 2.24) is 4.98 Å². The van der Waals surface area contributed by atoms with E-state index < -0.39 is 0 Å². The van der Waals surface area contributed by atoms with Crippen molar-refractivity contribution in [2.75, 3.05) is 11.9 Å². The highest BCUT2D eigenvalue weighted by atomic mass is 35.5. The van der Waals surface area contributed by atoms with Crippen molar-refractivity contribution in [3.63, 3.8) is 0 Å². The first-order valence-electron chi connectivity index (χ1n) is 6.16. The van der Waals surface area contributed by atoms with Crippen LogP contribution in [0.5, 0.6) is 0 Å². The number of aromatic nitrogens is 1. The Kier molecular flexibility index (Phi) is 4.05. The van der Waals surface area contributed by atoms with Gasteiger partial charge in [-0.1, -0.05) is 11.6 Å². The average Bonchev–Trinajstić information content (AvgIpc) is 2.38. The van der Waals surface area contributed by atoms with Gasteiger partial charge in [0.1, 0.15) is 6.07 Å². The lowest BCUT2D eigenvalue weighted by Gasteiger charge is -2.34. The number of hydrogen-bond acceptors (Lipinski definition) is 4. The quantitative estimate of drug-likeness (QED) is 0.890. The molecule has 0 aromatic carbocycles. The predicted octanol–water partition coefficient (Wildman–Crippen LogP) is 2.31. The number of hydrogen-bond donors (Lipinski definition) is 1. The van der Waals surface area contributed by atoms with Gasteiger partial charge in [-0.3, -0.25) is 0 Å². The summed E-state index contributed by atoms with van der Waals surface area (Å²) in [4.78, 5) is 6.25. The Hall–Kier alpha value is -1.31. The van der Waals surface area contributed by atoms with Gasteiger partial charge in [0.2, 0.25) is 0 Å². The van der Waals surface area contributed by atoms with Gasteiger partial charge in [0.05, 0.1) is 16.9 Å². The van der Waals surface area contributed by atoms with Crippen molar-refractivity contribution in [3.8, 4) is 6.07 Å². The SMILES string of the molecule is CN(c1cnc(C#N)c(Cl)c1)C1CCC(N)CC1. The summed E-state index contributed by atoms with van der Waals surface area (Å²) in [5.74, 6) is 0. The number of nitriles is 1. The molecule has 1 aromatic rings. The van der Waals surface area contributed by atoms with Crippen molar-refractivity contribution in [3.05, 3.63) is 23.0 Å². The van der Waals surface area contributed by atoms with Crippen LogP contribution in [0, 0.1) is 11.3 Å². The smallest absolute Gasteiger partial charge is 0.159 e. The molecule has 1 aliphatic carbocycles. The molecule has 1 aliphatic rings. The Bertz CT molecular complexity index is 461. The lowest BCUT2D eigenvalue weighted by atomic mass is 9.91. The van der Waals surface area contributed by atoms with Crippen LogP contribution in [-0.4, -0.2) is 24.1 Å². The van der Waals surface area contributed by atoms with Crippen LogP contribution in [0.1, 0.15) is 31.4 Å². The van der Waals surface area contributed by atoms with Gasteiger partial charge < -0.3 is 10.6 Å². The third-order valence-corrected chi connectivity index (χ3v) is 3.92. The number of nitrogens with two attached hydrogens (primary N) is 1. The Morgan fingerprint density at radius 1 is 1.44 bits per heavy atom. The van der Waals surface area contributed by atoms with Crippen molar-refractivity contribution in [1.29, 1.82) is 5.26 Å². The van der Waals surface area contributed by atoms with Gasteiger partial charge in [-0.25, -0.2) is 4.98 Å². The van der Waals surface area contributed by atoms with E-state index in [0.29, 0.717) is 17.1 Å². The maximum Gasteiger partial charge on any atom is 0.159 e. The number of rotatable bonds is 2. The molecule has 96 valence electrons. The first-order valence-corrected chi connectivity index (χ1v) is 6.53. The van der Waals surface area contributed by atoms with E-state index in [1.807, 2.05) is 19.2 Å². The minimum atomic E-state index is 0.277. The van der Waals surface area contributed by atoms with Crippen molar-refractivity contribution in [2.24, 2.45) is 5.73 Å². The molecule has 0 unspecified atom stereocenters. The maximum absolute atomic E-state index is 8.80. The molecule has 1 aromatic heterocycles. The second-order valence-electron chi connectivity index (χ2n) is 4.82. The molecule has 18 heavy (non-hydrogen) atoms. The van der Waals surface area contributed by atoms with E-state index in [-0.39, 0.29) is 5.69 Å². The zero-order valence-corrected chi connectivity index (χ0v) is 11.2. The van der Waals surface area contributed by atoms with Crippen molar-refractivity contribution in [2.45, 2.75) is 37.8 Å². The molecule has 0 amide bonds. The van der Waals surface area contributed by atoms with Gasteiger partial charge in [-0.15, -0.1) is 0 Å². The van der Waals surface area contributed by atoms with E-state index in [9.17, 15) is 0 Å². The van der Waals surface area contributed by atoms with Crippen molar-refractivity contribution < 1.29 is 0 Å². The van der Waals surface area contributed by atoms with Crippen molar-refractivity contribution >= 4 is 17.3 Å². The zero-order chi connectivity index (χ0) is 13.1. The van der Waals surface area contributed by atoms with Crippen LogP contribution >= 0.6 is 11.6 Å². The number of nitrogens with zero attached hydrogens (tertiary/aromatic N) is 3. The van der Waals surface area contributed by atoms with E-state index in [4.69, 9.17) is 22.6 Å². The van der Waals surface area contributed by atoms with E-state index in [0.717, 1.165) is 31.4 Å². The fraction of sp³-hybridized carbons (Fsp3) is 0.538. The molecule has 1 heterocycles. The minimum absolute atomic E-state index is 0.277. The molecule has 4 nitrogen and oxygen atoms in total. The maximum atomic E-state index is 8.80. The molecule has 0 bridgehead atoms. The number of pyridine rings is 1. The normalized spacial score (nSPS) is 23.4. The topological polar surface area (TPSA) is 65.9 Å². The molecule has 2 rings (SSSR count). The van der Waals surface area contributed by atoms with Gasteiger partial charge >= 0.3 is 0 Å². The van der Waals surface area contributed by atoms with Crippen LogP contribution in [0.4, 0.5) is 5.69 Å². The van der Waals surface area contributed by atoms with Crippen LogP contribution in [-0.2, 0) is 0 Å². The predicted molar refractivity (Wildman–Crippen MR) is 72.6 cm³/mol. The molecular weight excluding hydrogens is 248 g/mol. The number of halogens is 1. The first-order chi connectivity index (χ1) is 8.61. The molecule has 0 saturated heterocycles. The molecule has 2 N–H and O–H groups in total. The fourth-order valence-corrected chi connectivity index (χ4v) is 2.61. The summed E-state index contributed by atoms with van der Waals surface area (Å²) in [6.45, 7) is 0. The Morgan fingerprint density at radius 2 is 2.11 bits per heavy atom. The van der Waals surface area contributed by atoms with Gasteiger partial charge in [-0.2, -0.15) is 5.26 Å². The third kappa shape index (κ3) is 2.74. The summed E-state index contributed by atoms with van der Waals surface area (Å²) in [6.07, 6.45) is 6.02. The summed E-state index contributed by atoms with van der Waals surface area (Å²) >= 11 is 6.00. The highest BCUT2D eigenvalue weighted by molar-refractivity contribution is 6.31. The van der Waals surface area contributed by atoms with E-state index in [2.05, 4.69) is 9.88 Å². The van der Waals surface area contributed by atoms with Crippen LogP contribution < -0.4 is 10.6 Å². The lowest BCUT2D eigenvalue weighted by molar-refractivity contribution is 0.385. The van der Waals surface area contributed by atoms with Gasteiger partial charge in [-0.05, 0) is 31.7 Å². The zero-order valence-electron chi connectivity index (χ0n) is 10.4. The molecule has 0 atom stereocenters. The fourth-order valence-electron chi connectivity index (χ4n) is 2.40. The average molecular weight is 265 g/mol. The second-order valence-corrected chi connectivity index (χ2v) is 5.22. The third-order valence-electron chi connectivity index (χ3n) is 3.63. The minimum Gasteiger partial charge on any atom is -0.370 e. The number of anilines is 1. The highest BCUT2D eigenvalue weighted by Gasteiger charge is 2.22. The first kappa shape index (κ1) is 13.1. The standard InChI is InChI=1S/C13H17ClN4/c1-18(10-4-2-9(16)3-5-10)11-6-12(14)13(7-15)17-8-11/h6,8-10H,2-5,16H2,1H3. The Morgan fingerprint density at radius 3 is 2.67 bits per heavy atom. The van der Waals surface area contributed by atoms with Crippen LogP contribution in [0.2, 0.25) is 5.02 Å². The van der Waals surface area contributed by atoms with Crippen LogP contribution in [0.15, 0.2) is 12.3 Å². The van der Waals surface area contributed by atoms with Gasteiger partial charge in [0.25, 0.3) is 0 Å². The van der Waals surface area contributed by atoms with Crippen LogP contribution in [0.3, 0.4) is 0 Å². The molecule has 1 fully saturated rings. The summed E-state index contributed by atoms with van der Waals surface area (Å²) in [7, 11) is 2.04. The Labute approximate surface area is 112 Å². The summed E-state index contributed by atoms with van der Waals surface area (Å²) in [5.41, 5.74) is 7.14. The van der Waals surface area contributed by atoms with Gasteiger partial charge in [0, 0.05) is 19.1 Å². The summed E-state index contributed by atoms with van der Waals surface area (Å²) in [5, 5.41) is 9.21. The molecule has 0 spiro atoms. The summed E-state index contributed by atoms with van der Waals surface area (Å²) in [6, 6.07) is 4.60. The summed E-state index contributed by atoms with van der Waals surface area (Å²) < 4.78 is 0.